The van der Waals surface area contributed by atoms with E-state index in [9.17, 15) is 29.8 Å². The largest absolute Gasteiger partial charge is 0.444 e. The highest BCUT2D eigenvalue weighted by atomic mass is 32.1. The summed E-state index contributed by atoms with van der Waals surface area (Å²) >= 11 is 3.01. The SMILES string of the molecule is CCc1csc([C@@H](N)Cc2ccc([N+](=O)[O-])cc2)n1.CCc1csc([C@H](Cc2ccc([N+](=O)[O-])cc2)NC(=O)[C@H](Cc2ccccc2)NC(=O)OC(C)(C)C)n1. The van der Waals surface area contributed by atoms with Crippen molar-refractivity contribution < 1.29 is 24.2 Å². The molecule has 2 amide bonds. The van der Waals surface area contributed by atoms with Gasteiger partial charge in [-0.1, -0.05) is 68.4 Å². The predicted molar refractivity (Wildman–Crippen MR) is 218 cm³/mol. The van der Waals surface area contributed by atoms with Gasteiger partial charge in [0.25, 0.3) is 11.4 Å². The lowest BCUT2D eigenvalue weighted by molar-refractivity contribution is -0.385. The van der Waals surface area contributed by atoms with Gasteiger partial charge in [-0.2, -0.15) is 0 Å². The third-order valence-electron chi connectivity index (χ3n) is 8.28. The zero-order chi connectivity index (χ0) is 40.8. The summed E-state index contributed by atoms with van der Waals surface area (Å²) in [4.78, 5) is 56.0. The lowest BCUT2D eigenvalue weighted by atomic mass is 10.0. The number of thiazole rings is 2. The molecular weight excluding hydrogens is 755 g/mol. The molecule has 5 rings (SSSR count). The number of aryl methyl sites for hydroxylation is 2. The normalized spacial score (nSPS) is 12.7. The lowest BCUT2D eigenvalue weighted by Crippen LogP contribution is -2.50. The molecule has 5 aromatic rings. The molecule has 296 valence electrons. The average Bonchev–Trinajstić information content (AvgIpc) is 3.85. The van der Waals surface area contributed by atoms with E-state index in [2.05, 4.69) is 27.5 Å². The Labute approximate surface area is 333 Å². The van der Waals surface area contributed by atoms with Gasteiger partial charge < -0.3 is 21.1 Å². The van der Waals surface area contributed by atoms with Crippen LogP contribution in [0.3, 0.4) is 0 Å². The van der Waals surface area contributed by atoms with E-state index < -0.39 is 33.6 Å². The van der Waals surface area contributed by atoms with Crippen LogP contribution in [0.25, 0.3) is 0 Å². The number of hydrogen-bond donors (Lipinski definition) is 3. The maximum atomic E-state index is 13.5. The second-order valence-electron chi connectivity index (χ2n) is 13.9. The van der Waals surface area contributed by atoms with E-state index in [1.165, 1.54) is 35.6 Å². The van der Waals surface area contributed by atoms with Crippen LogP contribution >= 0.6 is 22.7 Å². The number of nitrogens with one attached hydrogen (secondary N) is 2. The zero-order valence-corrected chi connectivity index (χ0v) is 33.6. The first kappa shape index (κ1) is 43.2. The Balaban J connectivity index is 0.000000306. The van der Waals surface area contributed by atoms with Gasteiger partial charge in [-0.15, -0.1) is 22.7 Å². The maximum Gasteiger partial charge on any atom is 0.408 e. The highest BCUT2D eigenvalue weighted by Gasteiger charge is 2.28. The summed E-state index contributed by atoms with van der Waals surface area (Å²) < 4.78 is 5.39. The molecule has 0 saturated carbocycles. The van der Waals surface area contributed by atoms with Crippen LogP contribution in [0.5, 0.6) is 0 Å². The number of nitro groups is 2. The quantitative estimate of drug-likeness (QED) is 0.0687. The minimum atomic E-state index is -0.887. The number of benzene rings is 3. The van der Waals surface area contributed by atoms with Crippen LogP contribution in [0.15, 0.2) is 89.6 Å². The van der Waals surface area contributed by atoms with E-state index in [0.717, 1.165) is 50.9 Å². The molecule has 0 fully saturated rings. The van der Waals surface area contributed by atoms with Crippen LogP contribution in [0.2, 0.25) is 0 Å². The number of amides is 2. The maximum absolute atomic E-state index is 13.5. The van der Waals surface area contributed by atoms with E-state index in [4.69, 9.17) is 10.5 Å². The fourth-order valence-electron chi connectivity index (χ4n) is 5.37. The van der Waals surface area contributed by atoms with Crippen LogP contribution in [-0.2, 0) is 41.6 Å². The Morgan fingerprint density at radius 3 is 1.70 bits per heavy atom. The molecule has 16 heteroatoms. The number of hydrogen-bond acceptors (Lipinski definition) is 12. The summed E-state index contributed by atoms with van der Waals surface area (Å²) in [6.07, 6.45) is 2.26. The molecule has 0 aliphatic carbocycles. The molecule has 2 aromatic heterocycles. The number of non-ortho nitro benzene ring substituents is 2. The summed E-state index contributed by atoms with van der Waals surface area (Å²) in [6.45, 7) is 9.33. The van der Waals surface area contributed by atoms with Crippen molar-refractivity contribution >= 4 is 46.0 Å². The van der Waals surface area contributed by atoms with Crippen LogP contribution in [-0.4, -0.2) is 43.5 Å². The lowest BCUT2D eigenvalue weighted by Gasteiger charge is -2.25. The molecule has 56 heavy (non-hydrogen) atoms. The van der Waals surface area contributed by atoms with Gasteiger partial charge in [0.1, 0.15) is 21.7 Å². The molecule has 0 spiro atoms. The van der Waals surface area contributed by atoms with Gasteiger partial charge >= 0.3 is 6.09 Å². The Bertz CT molecular complexity index is 2050. The van der Waals surface area contributed by atoms with Crippen molar-refractivity contribution in [3.05, 3.63) is 148 Å². The smallest absolute Gasteiger partial charge is 0.408 e. The second-order valence-corrected chi connectivity index (χ2v) is 15.7. The number of nitrogens with zero attached hydrogens (tertiary/aromatic N) is 4. The number of carbonyl (C=O) groups excluding carboxylic acids is 2. The summed E-state index contributed by atoms with van der Waals surface area (Å²) in [7, 11) is 0. The number of alkyl carbamates (subject to hydrolysis) is 1. The second kappa shape index (κ2) is 20.4. The van der Waals surface area contributed by atoms with Crippen LogP contribution in [0.4, 0.5) is 16.2 Å². The van der Waals surface area contributed by atoms with Crippen molar-refractivity contribution in [1.82, 2.24) is 20.6 Å². The van der Waals surface area contributed by atoms with Gasteiger partial charge in [0.05, 0.1) is 33.3 Å². The third kappa shape index (κ3) is 13.6. The number of carbonyl (C=O) groups is 2. The number of nitrogens with two attached hydrogens (primary N) is 1. The highest BCUT2D eigenvalue weighted by Crippen LogP contribution is 2.25. The molecule has 0 saturated heterocycles. The van der Waals surface area contributed by atoms with Crippen LogP contribution in [0, 0.1) is 20.2 Å². The Hall–Kier alpha value is -5.58. The summed E-state index contributed by atoms with van der Waals surface area (Å²) in [5.74, 6) is -0.380. The monoisotopic (exact) mass is 801 g/mol. The summed E-state index contributed by atoms with van der Waals surface area (Å²) in [6, 6.07) is 20.6. The van der Waals surface area contributed by atoms with Crippen molar-refractivity contribution in [2.75, 3.05) is 0 Å². The Morgan fingerprint density at radius 1 is 0.732 bits per heavy atom. The van der Waals surface area contributed by atoms with E-state index in [-0.39, 0.29) is 29.7 Å². The molecule has 0 radical (unpaired) electrons. The number of aromatic nitrogens is 2. The standard InChI is InChI=1S/C27H32N4O5S.C13H15N3O2S/c1-5-20-17-37-25(28-20)23(16-19-11-13-21(14-12-19)31(34)35)29-24(32)22(15-18-9-7-6-8-10-18)30-26(33)36-27(2,3)4;1-2-10-8-19-13(15-10)12(14)7-9-3-5-11(6-4-9)16(17)18/h6-14,17,22-23H,5,15-16H2,1-4H3,(H,29,32)(H,30,33);3-6,8,12H,2,7,14H2,1H3/t22-,23-;12-/m00/s1. The molecule has 3 aromatic carbocycles. The summed E-state index contributed by atoms with van der Waals surface area (Å²) in [5.41, 5.74) is 10.1. The molecule has 14 nitrogen and oxygen atoms in total. The van der Waals surface area contributed by atoms with Gasteiger partial charge in [-0.25, -0.2) is 14.8 Å². The molecule has 0 aliphatic rings. The van der Waals surface area contributed by atoms with Crippen molar-refractivity contribution in [1.29, 1.82) is 0 Å². The Kier molecular flexibility index (Phi) is 15.7. The number of ether oxygens (including phenoxy) is 1. The number of nitro benzene ring substituents is 2. The van der Waals surface area contributed by atoms with E-state index in [0.29, 0.717) is 12.8 Å². The molecule has 2 heterocycles. The molecule has 0 bridgehead atoms. The van der Waals surface area contributed by atoms with Gasteiger partial charge in [-0.05, 0) is 63.1 Å². The minimum absolute atomic E-state index is 0.00339. The first-order chi connectivity index (χ1) is 26.6. The highest BCUT2D eigenvalue weighted by molar-refractivity contribution is 7.10. The van der Waals surface area contributed by atoms with Crippen LogP contribution in [0.1, 0.15) is 84.8 Å². The fraction of sp³-hybridized carbons (Fsp3) is 0.350. The zero-order valence-electron chi connectivity index (χ0n) is 32.0. The van der Waals surface area contributed by atoms with Gasteiger partial charge in [-0.3, -0.25) is 25.0 Å². The van der Waals surface area contributed by atoms with Crippen LogP contribution < -0.4 is 16.4 Å². The molecule has 4 N–H and O–H groups in total. The van der Waals surface area contributed by atoms with Gasteiger partial charge in [0.15, 0.2) is 0 Å². The first-order valence-corrected chi connectivity index (χ1v) is 19.8. The predicted octanol–water partition coefficient (Wildman–Crippen LogP) is 8.01. The molecule has 0 aliphatic heterocycles. The van der Waals surface area contributed by atoms with E-state index in [1.807, 2.05) is 48.0 Å². The van der Waals surface area contributed by atoms with Crippen molar-refractivity contribution in [3.8, 4) is 0 Å². The van der Waals surface area contributed by atoms with Gasteiger partial charge in [0, 0.05) is 41.4 Å². The van der Waals surface area contributed by atoms with E-state index in [1.54, 1.807) is 56.4 Å². The average molecular weight is 802 g/mol. The molecular formula is C40H47N7O7S2. The number of rotatable bonds is 15. The minimum Gasteiger partial charge on any atom is -0.444 e. The first-order valence-electron chi connectivity index (χ1n) is 18.1. The van der Waals surface area contributed by atoms with Crippen molar-refractivity contribution in [2.45, 2.75) is 90.4 Å². The topological polar surface area (TPSA) is 206 Å². The van der Waals surface area contributed by atoms with E-state index >= 15 is 0 Å². The Morgan fingerprint density at radius 2 is 1.21 bits per heavy atom. The fourth-order valence-corrected chi connectivity index (χ4v) is 7.22. The molecule has 3 atom stereocenters. The van der Waals surface area contributed by atoms with Crippen molar-refractivity contribution in [2.24, 2.45) is 5.73 Å². The third-order valence-corrected chi connectivity index (χ3v) is 10.3. The summed E-state index contributed by atoms with van der Waals surface area (Å²) in [5, 5.41) is 33.0. The molecule has 0 unspecified atom stereocenters. The van der Waals surface area contributed by atoms with Crippen molar-refractivity contribution in [3.63, 3.8) is 0 Å². The van der Waals surface area contributed by atoms with Gasteiger partial charge in [0.2, 0.25) is 5.91 Å².